The number of hydrogen-bond donors (Lipinski definition) is 0. The average Bonchev–Trinajstić information content (AvgIpc) is 2.04. The van der Waals surface area contributed by atoms with E-state index in [0.717, 1.165) is 0 Å². The van der Waals surface area contributed by atoms with Crippen LogP contribution in [0.4, 0.5) is 0 Å². The zero-order chi connectivity index (χ0) is 13.7. The third-order valence-corrected chi connectivity index (χ3v) is 1.000. The first kappa shape index (κ1) is 29.7. The van der Waals surface area contributed by atoms with Crippen LogP contribution in [0.5, 0.6) is 0 Å². The second kappa shape index (κ2) is 61.2. The van der Waals surface area contributed by atoms with Crippen LogP contribution in [0.1, 0.15) is 25.7 Å². The second-order valence-electron chi connectivity index (χ2n) is 1.80. The molecule has 0 radical (unpaired) electrons. The van der Waals surface area contributed by atoms with Crippen molar-refractivity contribution in [3.8, 4) is 0 Å². The predicted molar refractivity (Wildman–Crippen MR) is 42.7 cm³/mol. The molecule has 8 nitrogen and oxygen atoms in total. The molecule has 0 aliphatic heterocycles. The van der Waals surface area contributed by atoms with E-state index in [2.05, 4.69) is 0 Å². The van der Waals surface area contributed by atoms with Gasteiger partial charge in [-0.05, 0) is 0 Å². The van der Waals surface area contributed by atoms with Crippen LogP contribution >= 0.6 is 0 Å². The molecule has 0 atom stereocenters. The minimum atomic E-state index is -0.500. The molecule has 1 aliphatic carbocycles. The van der Waals surface area contributed by atoms with Gasteiger partial charge in [-0.2, -0.15) is 0 Å². The molecular formula is C8H12HfO8. The average molecular weight is 415 g/mol. The van der Waals surface area contributed by atoms with Crippen molar-refractivity contribution < 1.29 is 65.4 Å². The monoisotopic (exact) mass is 416 g/mol. The van der Waals surface area contributed by atoms with E-state index in [4.69, 9.17) is 39.6 Å². The summed E-state index contributed by atoms with van der Waals surface area (Å²) in [5.74, 6) is 0. The number of carbonyl (C=O) groups is 4. The van der Waals surface area contributed by atoms with Crippen LogP contribution in [0.3, 0.4) is 0 Å². The van der Waals surface area contributed by atoms with E-state index >= 15 is 0 Å². The smallest absolute Gasteiger partial charge is 0.554 e. The first-order chi connectivity index (χ1) is 7.66. The van der Waals surface area contributed by atoms with Gasteiger partial charge in [0.05, 0.1) is 0 Å². The zero-order valence-electron chi connectivity index (χ0n) is 8.90. The van der Waals surface area contributed by atoms with Crippen molar-refractivity contribution in [1.82, 2.24) is 0 Å². The number of carboxylic acid groups (broad SMARTS) is 4. The minimum absolute atomic E-state index is 0. The van der Waals surface area contributed by atoms with Gasteiger partial charge in [-0.25, -0.2) is 0 Å². The largest absolute Gasteiger partial charge is 4.00 e. The topological polar surface area (TPSA) is 161 Å². The molecule has 0 heterocycles. The predicted octanol–water partition coefficient (Wildman–Crippen LogP) is -4.98. The van der Waals surface area contributed by atoms with Crippen molar-refractivity contribution in [1.29, 1.82) is 0 Å². The fraction of sp³-hybridized carbons (Fsp3) is 0.500. The number of rotatable bonds is 0. The maximum atomic E-state index is 8.25. The van der Waals surface area contributed by atoms with Crippen LogP contribution in [0, 0.1) is 0 Å². The van der Waals surface area contributed by atoms with Gasteiger partial charge < -0.3 is 39.6 Å². The summed E-state index contributed by atoms with van der Waals surface area (Å²) in [6, 6.07) is 0. The summed E-state index contributed by atoms with van der Waals surface area (Å²) in [6.07, 6.45) is 6.00. The Labute approximate surface area is 117 Å². The Balaban J connectivity index is -0.0000000352. The Morgan fingerprint density at radius 3 is 0.588 bits per heavy atom. The Kier molecular flexibility index (Phi) is 107. The molecule has 0 N–H and O–H groups in total. The minimum Gasteiger partial charge on any atom is -0.554 e. The molecule has 9 heteroatoms. The van der Waals surface area contributed by atoms with Crippen LogP contribution < -0.4 is 20.4 Å². The summed E-state index contributed by atoms with van der Waals surface area (Å²) in [7, 11) is 0. The van der Waals surface area contributed by atoms with Gasteiger partial charge in [0.2, 0.25) is 0 Å². The Morgan fingerprint density at radius 1 is 0.529 bits per heavy atom. The number of hydrogen-bond acceptors (Lipinski definition) is 8. The molecule has 96 valence electrons. The molecule has 0 saturated heterocycles. The molecule has 0 aromatic rings. The summed E-state index contributed by atoms with van der Waals surface area (Å²) >= 11 is 0. The van der Waals surface area contributed by atoms with Gasteiger partial charge in [0.15, 0.2) is 0 Å². The van der Waals surface area contributed by atoms with Crippen LogP contribution in [-0.2, 0) is 45.0 Å². The maximum Gasteiger partial charge on any atom is 4.00 e. The summed E-state index contributed by atoms with van der Waals surface area (Å²) in [4.78, 5) is 33.0. The van der Waals surface area contributed by atoms with Crippen molar-refractivity contribution in [2.45, 2.75) is 25.7 Å². The molecule has 0 bridgehead atoms. The molecule has 0 amide bonds. The van der Waals surface area contributed by atoms with E-state index in [1.54, 1.807) is 0 Å². The molecule has 0 spiro atoms. The normalized spacial score (nSPS) is 8.47. The van der Waals surface area contributed by atoms with Crippen LogP contribution in [0.15, 0.2) is 0 Å². The van der Waals surface area contributed by atoms with Gasteiger partial charge in [0, 0.05) is 25.9 Å². The third kappa shape index (κ3) is 317. The van der Waals surface area contributed by atoms with Crippen molar-refractivity contribution in [2.75, 3.05) is 0 Å². The molecule has 1 rings (SSSR count). The van der Waals surface area contributed by atoms with Crippen LogP contribution in [0.2, 0.25) is 0 Å². The maximum absolute atomic E-state index is 8.25. The van der Waals surface area contributed by atoms with E-state index in [-0.39, 0.29) is 25.8 Å². The molecule has 0 aromatic carbocycles. The van der Waals surface area contributed by atoms with Gasteiger partial charge in [-0.3, -0.25) is 0 Å². The van der Waals surface area contributed by atoms with Crippen LogP contribution in [-0.4, -0.2) is 25.9 Å². The molecule has 0 unspecified atom stereocenters. The summed E-state index contributed by atoms with van der Waals surface area (Å²) in [6.45, 7) is -2.00. The Hall–Kier alpha value is -1.25. The van der Waals surface area contributed by atoms with Crippen LogP contribution in [0.25, 0.3) is 0 Å². The summed E-state index contributed by atoms with van der Waals surface area (Å²) in [5, 5.41) is 33.0. The SMILES string of the molecule is C1CCC1.O=C[O-].O=C[O-].O=C[O-].O=C[O-].[Hf+4]. The van der Waals surface area contributed by atoms with Crippen molar-refractivity contribution in [3.63, 3.8) is 0 Å². The second-order valence-corrected chi connectivity index (χ2v) is 1.80. The number of carbonyl (C=O) groups excluding carboxylic acids is 4. The van der Waals surface area contributed by atoms with Gasteiger partial charge >= 0.3 is 25.8 Å². The molecule has 1 saturated carbocycles. The van der Waals surface area contributed by atoms with Gasteiger partial charge in [-0.15, -0.1) is 0 Å². The Morgan fingerprint density at radius 2 is 0.588 bits per heavy atom. The summed E-state index contributed by atoms with van der Waals surface area (Å²) in [5.41, 5.74) is 0. The standard InChI is InChI=1S/C4H8.4CH2O2.Hf/c1-2-4-3-1;4*2-1-3;/h1-4H2;4*1H,(H,2,3);/q;;;;;+4/p-4. The Bertz CT molecular complexity index is 109. The van der Waals surface area contributed by atoms with Gasteiger partial charge in [0.1, 0.15) is 0 Å². The molecule has 0 aromatic heterocycles. The molecule has 1 aliphatic rings. The van der Waals surface area contributed by atoms with Crippen molar-refractivity contribution in [3.05, 3.63) is 0 Å². The van der Waals surface area contributed by atoms with E-state index < -0.39 is 25.9 Å². The zero-order valence-corrected chi connectivity index (χ0v) is 12.5. The molecular weight excluding hydrogens is 403 g/mol. The molecule has 1 fully saturated rings. The van der Waals surface area contributed by atoms with E-state index in [1.165, 1.54) is 25.7 Å². The fourth-order valence-electron chi connectivity index (χ4n) is 0.250. The van der Waals surface area contributed by atoms with E-state index in [1.807, 2.05) is 0 Å². The first-order valence-corrected chi connectivity index (χ1v) is 3.89. The van der Waals surface area contributed by atoms with Crippen molar-refractivity contribution in [2.24, 2.45) is 0 Å². The molecule has 17 heavy (non-hydrogen) atoms. The van der Waals surface area contributed by atoms with Gasteiger partial charge in [0.25, 0.3) is 0 Å². The van der Waals surface area contributed by atoms with Crippen molar-refractivity contribution >= 4 is 25.9 Å². The first-order valence-electron chi connectivity index (χ1n) is 3.89. The summed E-state index contributed by atoms with van der Waals surface area (Å²) < 4.78 is 0. The quantitative estimate of drug-likeness (QED) is 0.281. The van der Waals surface area contributed by atoms with E-state index in [9.17, 15) is 0 Å². The fourth-order valence-corrected chi connectivity index (χ4v) is 0.250. The van der Waals surface area contributed by atoms with Gasteiger partial charge in [-0.1, -0.05) is 25.7 Å². The third-order valence-electron chi connectivity index (χ3n) is 1.000. The van der Waals surface area contributed by atoms with E-state index in [0.29, 0.717) is 0 Å².